The summed E-state index contributed by atoms with van der Waals surface area (Å²) < 4.78 is 5.78. The summed E-state index contributed by atoms with van der Waals surface area (Å²) in [4.78, 5) is 14.5. The Bertz CT molecular complexity index is 463. The van der Waals surface area contributed by atoms with E-state index in [2.05, 4.69) is 37.9 Å². The smallest absolute Gasteiger partial charge is 0.251 e. The average molecular weight is 290 g/mol. The molecule has 0 saturated carbocycles. The van der Waals surface area contributed by atoms with Gasteiger partial charge >= 0.3 is 0 Å². The Morgan fingerprint density at radius 2 is 1.81 bits per heavy atom. The van der Waals surface area contributed by atoms with Gasteiger partial charge in [-0.2, -0.15) is 0 Å². The summed E-state index contributed by atoms with van der Waals surface area (Å²) in [5.74, 6) is -0.0157. The van der Waals surface area contributed by atoms with Gasteiger partial charge in [-0.05, 0) is 39.8 Å². The number of hydrogen-bond donors (Lipinski definition) is 1. The first-order valence-corrected chi connectivity index (χ1v) is 7.62. The zero-order valence-electron chi connectivity index (χ0n) is 13.4. The van der Waals surface area contributed by atoms with Gasteiger partial charge in [0.25, 0.3) is 5.91 Å². The molecule has 0 spiro atoms. The van der Waals surface area contributed by atoms with Crippen LogP contribution in [0, 0.1) is 0 Å². The number of ether oxygens (including phenoxy) is 1. The molecule has 1 aromatic rings. The molecule has 1 fully saturated rings. The number of nitrogens with one attached hydrogen (secondary N) is 1. The first kappa shape index (κ1) is 16.0. The summed E-state index contributed by atoms with van der Waals surface area (Å²) in [6, 6.07) is 9.34. The van der Waals surface area contributed by atoms with E-state index in [9.17, 15) is 4.79 Å². The fourth-order valence-corrected chi connectivity index (χ4v) is 2.77. The van der Waals surface area contributed by atoms with Gasteiger partial charge < -0.3 is 10.1 Å². The molecule has 1 amide bonds. The molecule has 1 saturated heterocycles. The third kappa shape index (κ3) is 4.29. The minimum absolute atomic E-state index is 0.0157. The van der Waals surface area contributed by atoms with Crippen molar-refractivity contribution >= 4 is 5.91 Å². The minimum atomic E-state index is -0.0866. The van der Waals surface area contributed by atoms with Gasteiger partial charge in [0, 0.05) is 30.7 Å². The third-order valence-corrected chi connectivity index (χ3v) is 3.99. The molecule has 2 atom stereocenters. The van der Waals surface area contributed by atoms with Gasteiger partial charge in [-0.3, -0.25) is 9.69 Å². The van der Waals surface area contributed by atoms with Crippen LogP contribution in [0.15, 0.2) is 30.3 Å². The molecule has 2 rings (SSSR count). The maximum absolute atomic E-state index is 12.1. The Balaban J connectivity index is 1.93. The molecule has 1 N–H and O–H groups in total. The van der Waals surface area contributed by atoms with Crippen LogP contribution in [0.2, 0.25) is 0 Å². The van der Waals surface area contributed by atoms with Crippen LogP contribution in [0.25, 0.3) is 0 Å². The van der Waals surface area contributed by atoms with E-state index in [4.69, 9.17) is 4.74 Å². The van der Waals surface area contributed by atoms with Gasteiger partial charge in [-0.15, -0.1) is 0 Å². The molecule has 1 heterocycles. The Hall–Kier alpha value is -1.39. The predicted molar refractivity (Wildman–Crippen MR) is 84.4 cm³/mol. The van der Waals surface area contributed by atoms with E-state index in [1.54, 1.807) is 0 Å². The summed E-state index contributed by atoms with van der Waals surface area (Å²) in [7, 11) is 0. The molecule has 0 unspecified atom stereocenters. The number of hydrogen-bond acceptors (Lipinski definition) is 3. The zero-order chi connectivity index (χ0) is 15.5. The monoisotopic (exact) mass is 290 g/mol. The fourth-order valence-electron chi connectivity index (χ4n) is 2.77. The standard InChI is InChI=1S/C17H26N2O2/c1-13-10-19(11-14(2)21-13)17(3,4)12-18-16(20)15-8-6-5-7-9-15/h5-9,13-14H,10-12H2,1-4H3,(H,18,20)/t13-,14-/m1/s1. The number of rotatable bonds is 4. The summed E-state index contributed by atoms with van der Waals surface area (Å²) in [6.45, 7) is 11.0. The molecule has 0 radical (unpaired) electrons. The van der Waals surface area contributed by atoms with E-state index in [-0.39, 0.29) is 23.7 Å². The molecule has 0 aromatic heterocycles. The Labute approximate surface area is 127 Å². The van der Waals surface area contributed by atoms with Gasteiger partial charge in [-0.1, -0.05) is 18.2 Å². The van der Waals surface area contributed by atoms with Gasteiger partial charge in [-0.25, -0.2) is 0 Å². The highest BCUT2D eigenvalue weighted by atomic mass is 16.5. The van der Waals surface area contributed by atoms with Gasteiger partial charge in [0.15, 0.2) is 0 Å². The van der Waals surface area contributed by atoms with E-state index >= 15 is 0 Å². The van der Waals surface area contributed by atoms with Crippen LogP contribution in [0.3, 0.4) is 0 Å². The average Bonchev–Trinajstić information content (AvgIpc) is 2.45. The van der Waals surface area contributed by atoms with Crippen molar-refractivity contribution in [1.29, 1.82) is 0 Å². The maximum atomic E-state index is 12.1. The fraction of sp³-hybridized carbons (Fsp3) is 0.588. The maximum Gasteiger partial charge on any atom is 0.251 e. The van der Waals surface area contributed by atoms with Gasteiger partial charge in [0.2, 0.25) is 0 Å². The van der Waals surface area contributed by atoms with Crippen LogP contribution in [0.4, 0.5) is 0 Å². The molecule has 21 heavy (non-hydrogen) atoms. The number of carbonyl (C=O) groups excluding carboxylic acids is 1. The molecule has 1 aliphatic rings. The van der Waals surface area contributed by atoms with E-state index in [0.717, 1.165) is 13.1 Å². The topological polar surface area (TPSA) is 41.6 Å². The third-order valence-electron chi connectivity index (χ3n) is 3.99. The van der Waals surface area contributed by atoms with E-state index < -0.39 is 0 Å². The lowest BCUT2D eigenvalue weighted by molar-refractivity contribution is -0.0948. The quantitative estimate of drug-likeness (QED) is 0.925. The van der Waals surface area contributed by atoms with Crippen LogP contribution >= 0.6 is 0 Å². The normalized spacial score (nSPS) is 23.8. The lowest BCUT2D eigenvalue weighted by Crippen LogP contribution is -2.58. The molecule has 116 valence electrons. The van der Waals surface area contributed by atoms with Crippen LogP contribution in [-0.2, 0) is 4.74 Å². The van der Waals surface area contributed by atoms with Crippen molar-refractivity contribution in [3.63, 3.8) is 0 Å². The van der Waals surface area contributed by atoms with Crippen molar-refractivity contribution in [2.75, 3.05) is 19.6 Å². The summed E-state index contributed by atoms with van der Waals surface area (Å²) in [5.41, 5.74) is 0.619. The lowest BCUT2D eigenvalue weighted by atomic mass is 10.00. The second-order valence-corrected chi connectivity index (χ2v) is 6.52. The van der Waals surface area contributed by atoms with Crippen molar-refractivity contribution in [1.82, 2.24) is 10.2 Å². The first-order chi connectivity index (χ1) is 9.88. The van der Waals surface area contributed by atoms with Crippen molar-refractivity contribution in [2.24, 2.45) is 0 Å². The molecule has 4 nitrogen and oxygen atoms in total. The number of morpholine rings is 1. The Morgan fingerprint density at radius 3 is 2.38 bits per heavy atom. The van der Waals surface area contributed by atoms with Crippen molar-refractivity contribution in [3.8, 4) is 0 Å². The molecular formula is C17H26N2O2. The molecule has 4 heteroatoms. The van der Waals surface area contributed by atoms with E-state index in [1.807, 2.05) is 30.3 Å². The van der Waals surface area contributed by atoms with Crippen molar-refractivity contribution in [2.45, 2.75) is 45.4 Å². The van der Waals surface area contributed by atoms with Crippen LogP contribution in [0.5, 0.6) is 0 Å². The summed E-state index contributed by atoms with van der Waals surface area (Å²) in [5, 5.41) is 3.04. The van der Waals surface area contributed by atoms with Crippen molar-refractivity contribution < 1.29 is 9.53 Å². The Morgan fingerprint density at radius 1 is 1.24 bits per heavy atom. The van der Waals surface area contributed by atoms with E-state index in [0.29, 0.717) is 12.1 Å². The highest BCUT2D eigenvalue weighted by molar-refractivity contribution is 5.94. The second kappa shape index (κ2) is 6.58. The molecule has 0 aliphatic carbocycles. The summed E-state index contributed by atoms with van der Waals surface area (Å²) in [6.07, 6.45) is 0.468. The number of nitrogens with zero attached hydrogens (tertiary/aromatic N) is 1. The van der Waals surface area contributed by atoms with E-state index in [1.165, 1.54) is 0 Å². The van der Waals surface area contributed by atoms with Crippen molar-refractivity contribution in [3.05, 3.63) is 35.9 Å². The first-order valence-electron chi connectivity index (χ1n) is 7.62. The SMILES string of the molecule is C[C@@H]1CN(C(C)(C)CNC(=O)c2ccccc2)C[C@@H](C)O1. The predicted octanol–water partition coefficient (Wildman–Crippen LogP) is 2.30. The molecular weight excluding hydrogens is 264 g/mol. The molecule has 0 bridgehead atoms. The second-order valence-electron chi connectivity index (χ2n) is 6.52. The highest BCUT2D eigenvalue weighted by Gasteiger charge is 2.33. The lowest BCUT2D eigenvalue weighted by Gasteiger charge is -2.45. The number of amides is 1. The Kier molecular flexibility index (Phi) is 5.01. The molecule has 1 aromatic carbocycles. The number of benzene rings is 1. The largest absolute Gasteiger partial charge is 0.373 e. The summed E-state index contributed by atoms with van der Waals surface area (Å²) >= 11 is 0. The number of carbonyl (C=O) groups is 1. The zero-order valence-corrected chi connectivity index (χ0v) is 13.4. The molecule has 1 aliphatic heterocycles. The minimum Gasteiger partial charge on any atom is -0.373 e. The van der Waals surface area contributed by atoms with Crippen LogP contribution < -0.4 is 5.32 Å². The highest BCUT2D eigenvalue weighted by Crippen LogP contribution is 2.20. The van der Waals surface area contributed by atoms with Crippen LogP contribution in [-0.4, -0.2) is 48.2 Å². The van der Waals surface area contributed by atoms with Crippen LogP contribution in [0.1, 0.15) is 38.1 Å². The van der Waals surface area contributed by atoms with Gasteiger partial charge in [0.05, 0.1) is 12.2 Å². The van der Waals surface area contributed by atoms with Gasteiger partial charge in [0.1, 0.15) is 0 Å².